The van der Waals surface area contributed by atoms with Gasteiger partial charge in [-0.3, -0.25) is 4.79 Å². The summed E-state index contributed by atoms with van der Waals surface area (Å²) < 4.78 is 37.0. The van der Waals surface area contributed by atoms with E-state index in [-0.39, 0.29) is 26.2 Å². The number of nitrogens with two attached hydrogens (primary N) is 1. The van der Waals surface area contributed by atoms with Crippen LogP contribution in [0, 0.1) is 6.92 Å². The first-order chi connectivity index (χ1) is 9.30. The van der Waals surface area contributed by atoms with Crippen molar-refractivity contribution in [2.45, 2.75) is 13.1 Å². The molecule has 5 nitrogen and oxygen atoms in total. The number of amides is 1. The molecule has 1 fully saturated rings. The van der Waals surface area contributed by atoms with Gasteiger partial charge >= 0.3 is 12.1 Å². The smallest absolute Gasteiger partial charge is 0.396 e. The number of aromatic nitrogens is 1. The molecule has 1 saturated heterocycles. The number of anilines is 2. The molecule has 8 heteroatoms. The fourth-order valence-electron chi connectivity index (χ4n) is 2.11. The van der Waals surface area contributed by atoms with Gasteiger partial charge in [0.25, 0.3) is 0 Å². The summed E-state index contributed by atoms with van der Waals surface area (Å²) in [5, 5.41) is 0. The lowest BCUT2D eigenvalue weighted by Crippen LogP contribution is -2.52. The van der Waals surface area contributed by atoms with Gasteiger partial charge in [-0.25, -0.2) is 4.98 Å². The van der Waals surface area contributed by atoms with Crippen molar-refractivity contribution in [1.82, 2.24) is 9.88 Å². The fraction of sp³-hybridized carbons (Fsp3) is 0.500. The van der Waals surface area contributed by atoms with E-state index in [1.54, 1.807) is 17.2 Å². The van der Waals surface area contributed by atoms with E-state index < -0.39 is 12.1 Å². The molecule has 0 saturated carbocycles. The van der Waals surface area contributed by atoms with E-state index in [2.05, 4.69) is 4.98 Å². The molecular weight excluding hydrogens is 273 g/mol. The molecule has 0 radical (unpaired) electrons. The number of carbonyl (C=O) groups excluding carboxylic acids is 1. The van der Waals surface area contributed by atoms with E-state index in [0.717, 1.165) is 10.5 Å². The Kier molecular flexibility index (Phi) is 3.74. The van der Waals surface area contributed by atoms with E-state index in [1.807, 2.05) is 6.92 Å². The third kappa shape index (κ3) is 2.78. The summed E-state index contributed by atoms with van der Waals surface area (Å²) >= 11 is 0. The molecule has 20 heavy (non-hydrogen) atoms. The Hall–Kier alpha value is -1.99. The molecule has 2 rings (SSSR count). The number of pyridine rings is 1. The van der Waals surface area contributed by atoms with Gasteiger partial charge in [0.15, 0.2) is 5.82 Å². The SMILES string of the molecule is Cc1ccnc(N2CCN(C(=O)C(F)(F)F)CC2)c1N. The van der Waals surface area contributed by atoms with Crippen molar-refractivity contribution >= 4 is 17.4 Å². The number of hydrogen-bond donors (Lipinski definition) is 1. The quantitative estimate of drug-likeness (QED) is 0.843. The predicted octanol–water partition coefficient (Wildman–Crippen LogP) is 1.18. The van der Waals surface area contributed by atoms with Crippen molar-refractivity contribution < 1.29 is 18.0 Å². The van der Waals surface area contributed by atoms with Gasteiger partial charge in [-0.1, -0.05) is 0 Å². The molecule has 1 aliphatic heterocycles. The van der Waals surface area contributed by atoms with E-state index in [9.17, 15) is 18.0 Å². The lowest BCUT2D eigenvalue weighted by molar-refractivity contribution is -0.185. The number of alkyl halides is 3. The van der Waals surface area contributed by atoms with Gasteiger partial charge in [0.05, 0.1) is 5.69 Å². The number of nitrogen functional groups attached to an aromatic ring is 1. The summed E-state index contributed by atoms with van der Waals surface area (Å²) in [4.78, 5) is 17.9. The average molecular weight is 288 g/mol. The lowest BCUT2D eigenvalue weighted by atomic mass is 10.2. The third-order valence-electron chi connectivity index (χ3n) is 3.30. The first-order valence-electron chi connectivity index (χ1n) is 6.13. The standard InChI is InChI=1S/C12H15F3N4O/c1-8-2-3-17-10(9(8)16)18-4-6-19(7-5-18)11(20)12(13,14)15/h2-3H,4-7,16H2,1H3. The summed E-state index contributed by atoms with van der Waals surface area (Å²) in [5.41, 5.74) is 7.29. The molecular formula is C12H15F3N4O. The minimum Gasteiger partial charge on any atom is -0.396 e. The van der Waals surface area contributed by atoms with Crippen molar-refractivity contribution in [1.29, 1.82) is 0 Å². The Labute approximate surface area is 114 Å². The summed E-state index contributed by atoms with van der Waals surface area (Å²) in [6, 6.07) is 1.77. The zero-order valence-electron chi connectivity index (χ0n) is 10.9. The maximum absolute atomic E-state index is 12.3. The van der Waals surface area contributed by atoms with Gasteiger partial charge in [-0.2, -0.15) is 13.2 Å². The van der Waals surface area contributed by atoms with Crippen molar-refractivity contribution in [2.75, 3.05) is 36.8 Å². The van der Waals surface area contributed by atoms with Crippen LogP contribution in [0.3, 0.4) is 0 Å². The van der Waals surface area contributed by atoms with Gasteiger partial charge in [-0.15, -0.1) is 0 Å². The van der Waals surface area contributed by atoms with Crippen LogP contribution in [0.1, 0.15) is 5.56 Å². The van der Waals surface area contributed by atoms with Crippen LogP contribution in [0.4, 0.5) is 24.7 Å². The Morgan fingerprint density at radius 3 is 2.45 bits per heavy atom. The van der Waals surface area contributed by atoms with Crippen molar-refractivity contribution in [3.05, 3.63) is 17.8 Å². The highest BCUT2D eigenvalue weighted by molar-refractivity contribution is 5.82. The molecule has 1 aliphatic rings. The van der Waals surface area contributed by atoms with Crippen LogP contribution >= 0.6 is 0 Å². The normalized spacial score (nSPS) is 16.4. The van der Waals surface area contributed by atoms with Gasteiger partial charge in [-0.05, 0) is 18.6 Å². The third-order valence-corrected chi connectivity index (χ3v) is 3.30. The Bertz CT molecular complexity index is 510. The maximum atomic E-state index is 12.3. The molecule has 0 unspecified atom stereocenters. The highest BCUT2D eigenvalue weighted by Crippen LogP contribution is 2.25. The summed E-state index contributed by atoms with van der Waals surface area (Å²) in [6.07, 6.45) is -3.21. The molecule has 0 atom stereocenters. The van der Waals surface area contributed by atoms with Crippen LogP contribution in [0.25, 0.3) is 0 Å². The largest absolute Gasteiger partial charge is 0.471 e. The van der Waals surface area contributed by atoms with Gasteiger partial charge < -0.3 is 15.5 Å². The maximum Gasteiger partial charge on any atom is 0.471 e. The van der Waals surface area contributed by atoms with E-state index >= 15 is 0 Å². The molecule has 0 aromatic carbocycles. The molecule has 110 valence electrons. The van der Waals surface area contributed by atoms with Crippen LogP contribution < -0.4 is 10.6 Å². The van der Waals surface area contributed by atoms with Crippen molar-refractivity contribution in [3.63, 3.8) is 0 Å². The van der Waals surface area contributed by atoms with E-state index in [1.165, 1.54) is 0 Å². The number of hydrogen-bond acceptors (Lipinski definition) is 4. The highest BCUT2D eigenvalue weighted by Gasteiger charge is 2.43. The second-order valence-corrected chi connectivity index (χ2v) is 4.64. The fourth-order valence-corrected chi connectivity index (χ4v) is 2.11. The number of halogens is 3. The van der Waals surface area contributed by atoms with Crippen molar-refractivity contribution in [2.24, 2.45) is 0 Å². The topological polar surface area (TPSA) is 62.5 Å². The molecule has 2 heterocycles. The Balaban J connectivity index is 2.05. The zero-order chi connectivity index (χ0) is 14.9. The van der Waals surface area contributed by atoms with Gasteiger partial charge in [0, 0.05) is 32.4 Å². The molecule has 0 bridgehead atoms. The van der Waals surface area contributed by atoms with Gasteiger partial charge in [0.1, 0.15) is 0 Å². The molecule has 1 aromatic rings. The number of aryl methyl sites for hydroxylation is 1. The molecule has 0 spiro atoms. The minimum atomic E-state index is -4.82. The number of carbonyl (C=O) groups is 1. The van der Waals surface area contributed by atoms with Crippen LogP contribution in [-0.2, 0) is 4.79 Å². The van der Waals surface area contributed by atoms with Crippen LogP contribution in [0.15, 0.2) is 12.3 Å². The second-order valence-electron chi connectivity index (χ2n) is 4.64. The van der Waals surface area contributed by atoms with Crippen molar-refractivity contribution in [3.8, 4) is 0 Å². The Morgan fingerprint density at radius 1 is 1.30 bits per heavy atom. The summed E-state index contributed by atoms with van der Waals surface area (Å²) in [5.74, 6) is -1.23. The second kappa shape index (κ2) is 5.18. The zero-order valence-corrected chi connectivity index (χ0v) is 10.9. The molecule has 2 N–H and O–H groups in total. The summed E-state index contributed by atoms with van der Waals surface area (Å²) in [7, 11) is 0. The minimum absolute atomic E-state index is 0.00735. The number of nitrogens with zero attached hydrogens (tertiary/aromatic N) is 3. The number of piperazine rings is 1. The summed E-state index contributed by atoms with van der Waals surface area (Å²) in [6.45, 7) is 2.41. The highest BCUT2D eigenvalue weighted by atomic mass is 19.4. The van der Waals surface area contributed by atoms with E-state index in [4.69, 9.17) is 5.73 Å². The molecule has 0 aliphatic carbocycles. The van der Waals surface area contributed by atoms with Crippen LogP contribution in [0.5, 0.6) is 0 Å². The predicted molar refractivity (Wildman–Crippen MR) is 68.2 cm³/mol. The van der Waals surface area contributed by atoms with Crippen LogP contribution in [0.2, 0.25) is 0 Å². The molecule has 1 amide bonds. The first-order valence-corrected chi connectivity index (χ1v) is 6.13. The monoisotopic (exact) mass is 288 g/mol. The lowest BCUT2D eigenvalue weighted by Gasteiger charge is -2.36. The Morgan fingerprint density at radius 2 is 1.90 bits per heavy atom. The first kappa shape index (κ1) is 14.4. The molecule has 1 aromatic heterocycles. The number of rotatable bonds is 1. The van der Waals surface area contributed by atoms with Crippen LogP contribution in [-0.4, -0.2) is 48.1 Å². The van der Waals surface area contributed by atoms with E-state index in [0.29, 0.717) is 11.5 Å². The average Bonchev–Trinajstić information content (AvgIpc) is 2.40. The van der Waals surface area contributed by atoms with Gasteiger partial charge in [0.2, 0.25) is 0 Å².